The van der Waals surface area contributed by atoms with Crippen LogP contribution >= 0.6 is 11.6 Å². The number of rotatable bonds is 6. The minimum atomic E-state index is -0.372. The number of ether oxygens (including phenoxy) is 3. The monoisotopic (exact) mass is 325 g/mol. The molecule has 118 valence electrons. The molecule has 22 heavy (non-hydrogen) atoms. The van der Waals surface area contributed by atoms with Gasteiger partial charge < -0.3 is 23.9 Å². The molecule has 6 nitrogen and oxygen atoms in total. The molecule has 0 radical (unpaired) electrons. The largest absolute Gasteiger partial charge is 0.493 e. The van der Waals surface area contributed by atoms with Crippen molar-refractivity contribution >= 4 is 17.5 Å². The molecule has 0 fully saturated rings. The Hall–Kier alpha value is -2.34. The van der Waals surface area contributed by atoms with E-state index in [0.29, 0.717) is 17.2 Å². The zero-order chi connectivity index (χ0) is 16.1. The number of hydrogen-bond donors (Lipinski definition) is 1. The summed E-state index contributed by atoms with van der Waals surface area (Å²) in [6.45, 7) is 0.237. The molecule has 0 aliphatic rings. The molecule has 1 aromatic heterocycles. The lowest BCUT2D eigenvalue weighted by Gasteiger charge is -2.15. The van der Waals surface area contributed by atoms with Gasteiger partial charge in [-0.05, 0) is 35.9 Å². The van der Waals surface area contributed by atoms with Crippen molar-refractivity contribution in [3.63, 3.8) is 0 Å². The number of halogens is 1. The smallest absolute Gasteiger partial charge is 0.287 e. The zero-order valence-corrected chi connectivity index (χ0v) is 13.2. The first-order chi connectivity index (χ1) is 10.6. The predicted molar refractivity (Wildman–Crippen MR) is 81.0 cm³/mol. The summed E-state index contributed by atoms with van der Waals surface area (Å²) in [5.41, 5.74) is 0.742. The first-order valence-electron chi connectivity index (χ1n) is 6.42. The van der Waals surface area contributed by atoms with Crippen molar-refractivity contribution < 1.29 is 23.4 Å². The van der Waals surface area contributed by atoms with Gasteiger partial charge in [0.15, 0.2) is 22.5 Å². The molecule has 0 unspecified atom stereocenters. The minimum Gasteiger partial charge on any atom is -0.493 e. The van der Waals surface area contributed by atoms with Crippen molar-refractivity contribution in [3.05, 3.63) is 40.8 Å². The molecule has 0 atom stereocenters. The van der Waals surface area contributed by atoms with Crippen LogP contribution in [0.25, 0.3) is 0 Å². The normalized spacial score (nSPS) is 10.2. The van der Waals surface area contributed by atoms with Gasteiger partial charge >= 0.3 is 0 Å². The SMILES string of the molecule is COc1ccc(CNC(=O)c2ccc(Cl)o2)c(OC)c1OC. The average Bonchev–Trinajstić information content (AvgIpc) is 2.97. The fourth-order valence-corrected chi connectivity index (χ4v) is 2.15. The highest BCUT2D eigenvalue weighted by Crippen LogP contribution is 2.39. The van der Waals surface area contributed by atoms with Crippen molar-refractivity contribution in [2.75, 3.05) is 21.3 Å². The Balaban J connectivity index is 2.17. The fraction of sp³-hybridized carbons (Fsp3) is 0.267. The lowest BCUT2D eigenvalue weighted by molar-refractivity contribution is 0.0923. The van der Waals surface area contributed by atoms with Gasteiger partial charge in [-0.25, -0.2) is 0 Å². The maximum absolute atomic E-state index is 11.9. The average molecular weight is 326 g/mol. The van der Waals surface area contributed by atoms with Gasteiger partial charge in [-0.2, -0.15) is 0 Å². The van der Waals surface area contributed by atoms with E-state index in [4.69, 9.17) is 30.2 Å². The molecule has 0 bridgehead atoms. The van der Waals surface area contributed by atoms with Crippen LogP contribution in [0, 0.1) is 0 Å². The van der Waals surface area contributed by atoms with Crippen LogP contribution in [0.1, 0.15) is 16.1 Å². The Morgan fingerprint density at radius 2 is 1.82 bits per heavy atom. The third kappa shape index (κ3) is 3.28. The van der Waals surface area contributed by atoms with Crippen LogP contribution in [-0.4, -0.2) is 27.2 Å². The molecule has 1 heterocycles. The summed E-state index contributed by atoms with van der Waals surface area (Å²) in [6.07, 6.45) is 0. The van der Waals surface area contributed by atoms with Gasteiger partial charge in [-0.15, -0.1) is 0 Å². The van der Waals surface area contributed by atoms with Gasteiger partial charge in [0.25, 0.3) is 5.91 Å². The Bertz CT molecular complexity index is 668. The number of methoxy groups -OCH3 is 3. The Kier molecular flexibility index (Phi) is 5.16. The van der Waals surface area contributed by atoms with Gasteiger partial charge in [0.2, 0.25) is 5.75 Å². The van der Waals surface area contributed by atoms with E-state index in [-0.39, 0.29) is 23.4 Å². The molecular weight excluding hydrogens is 310 g/mol. The third-order valence-electron chi connectivity index (χ3n) is 3.02. The van der Waals surface area contributed by atoms with Gasteiger partial charge in [-0.1, -0.05) is 0 Å². The number of nitrogens with one attached hydrogen (secondary N) is 1. The van der Waals surface area contributed by atoms with Crippen molar-refractivity contribution in [1.29, 1.82) is 0 Å². The standard InChI is InChI=1S/C15H16ClNO5/c1-19-10-5-4-9(13(20-2)14(10)21-3)8-17-15(18)11-6-7-12(16)22-11/h4-7H,8H2,1-3H3,(H,17,18). The van der Waals surface area contributed by atoms with E-state index in [2.05, 4.69) is 5.32 Å². The predicted octanol–water partition coefficient (Wildman–Crippen LogP) is 2.89. The molecule has 1 N–H and O–H groups in total. The molecule has 1 aromatic carbocycles. The minimum absolute atomic E-state index is 0.143. The molecule has 2 aromatic rings. The van der Waals surface area contributed by atoms with Gasteiger partial charge in [0.1, 0.15) is 0 Å². The Labute approximate surface area is 132 Å². The summed E-state index contributed by atoms with van der Waals surface area (Å²) < 4.78 is 20.9. The van der Waals surface area contributed by atoms with E-state index in [0.717, 1.165) is 5.56 Å². The lowest BCUT2D eigenvalue weighted by atomic mass is 10.1. The maximum Gasteiger partial charge on any atom is 0.287 e. The van der Waals surface area contributed by atoms with E-state index in [1.165, 1.54) is 26.4 Å². The van der Waals surface area contributed by atoms with Crippen LogP contribution in [0.3, 0.4) is 0 Å². The van der Waals surface area contributed by atoms with Gasteiger partial charge in [-0.3, -0.25) is 4.79 Å². The molecule has 0 aliphatic carbocycles. The summed E-state index contributed by atoms with van der Waals surface area (Å²) in [5, 5.41) is 2.89. The second-order valence-corrected chi connectivity index (χ2v) is 4.65. The first-order valence-corrected chi connectivity index (χ1v) is 6.79. The number of furan rings is 1. The zero-order valence-electron chi connectivity index (χ0n) is 12.4. The van der Waals surface area contributed by atoms with Crippen LogP contribution in [0.15, 0.2) is 28.7 Å². The summed E-state index contributed by atoms with van der Waals surface area (Å²) >= 11 is 5.65. The molecular formula is C15H16ClNO5. The molecule has 0 aliphatic heterocycles. The summed E-state index contributed by atoms with van der Waals surface area (Å²) in [6, 6.07) is 6.54. The number of hydrogen-bond acceptors (Lipinski definition) is 5. The summed E-state index contributed by atoms with van der Waals surface area (Å²) in [5.74, 6) is 1.29. The second-order valence-electron chi connectivity index (χ2n) is 4.28. The summed E-state index contributed by atoms with van der Waals surface area (Å²) in [4.78, 5) is 11.9. The molecule has 0 saturated heterocycles. The molecule has 0 saturated carbocycles. The number of carbonyl (C=O) groups excluding carboxylic acids is 1. The van der Waals surface area contributed by atoms with Crippen LogP contribution in [0.5, 0.6) is 17.2 Å². The lowest BCUT2D eigenvalue weighted by Crippen LogP contribution is -2.22. The topological polar surface area (TPSA) is 69.9 Å². The van der Waals surface area contributed by atoms with E-state index in [9.17, 15) is 4.79 Å². The highest BCUT2D eigenvalue weighted by molar-refractivity contribution is 6.29. The quantitative estimate of drug-likeness (QED) is 0.884. The van der Waals surface area contributed by atoms with Crippen molar-refractivity contribution in [1.82, 2.24) is 5.32 Å². The van der Waals surface area contributed by atoms with Gasteiger partial charge in [0, 0.05) is 12.1 Å². The fourth-order valence-electron chi connectivity index (χ4n) is 2.00. The van der Waals surface area contributed by atoms with Crippen molar-refractivity contribution in [2.24, 2.45) is 0 Å². The van der Waals surface area contributed by atoms with Crippen LogP contribution in [0.2, 0.25) is 5.22 Å². The molecule has 2 rings (SSSR count). The second kappa shape index (κ2) is 7.09. The summed E-state index contributed by atoms with van der Waals surface area (Å²) in [7, 11) is 4.59. The molecule has 7 heteroatoms. The van der Waals surface area contributed by atoms with E-state index in [1.807, 2.05) is 0 Å². The number of amides is 1. The van der Waals surface area contributed by atoms with Crippen molar-refractivity contribution in [3.8, 4) is 17.2 Å². The highest BCUT2D eigenvalue weighted by atomic mass is 35.5. The molecule has 0 spiro atoms. The van der Waals surface area contributed by atoms with Crippen molar-refractivity contribution in [2.45, 2.75) is 6.54 Å². The third-order valence-corrected chi connectivity index (χ3v) is 3.23. The van der Waals surface area contributed by atoms with Crippen LogP contribution in [-0.2, 0) is 6.54 Å². The van der Waals surface area contributed by atoms with E-state index < -0.39 is 0 Å². The molecule has 1 amide bonds. The first kappa shape index (κ1) is 16.0. The maximum atomic E-state index is 11.9. The highest BCUT2D eigenvalue weighted by Gasteiger charge is 2.17. The van der Waals surface area contributed by atoms with Crippen LogP contribution < -0.4 is 19.5 Å². The number of benzene rings is 1. The van der Waals surface area contributed by atoms with Gasteiger partial charge in [0.05, 0.1) is 21.3 Å². The Morgan fingerprint density at radius 3 is 2.36 bits per heavy atom. The Morgan fingerprint density at radius 1 is 1.09 bits per heavy atom. The van der Waals surface area contributed by atoms with E-state index in [1.54, 1.807) is 19.2 Å². The van der Waals surface area contributed by atoms with Crippen LogP contribution in [0.4, 0.5) is 0 Å². The number of carbonyl (C=O) groups is 1. The van der Waals surface area contributed by atoms with E-state index >= 15 is 0 Å².